The number of fused-ring (bicyclic) bond motifs is 1. The predicted molar refractivity (Wildman–Crippen MR) is 64.8 cm³/mol. The molecular weight excluding hydrogens is 222 g/mol. The summed E-state index contributed by atoms with van der Waals surface area (Å²) in [6.45, 7) is 0. The maximum atomic E-state index is 5.88. The van der Waals surface area contributed by atoms with E-state index < -0.39 is 0 Å². The van der Waals surface area contributed by atoms with Gasteiger partial charge in [-0.2, -0.15) is 0 Å². The number of hydrogen-bond acceptors (Lipinski definition) is 2. The molecule has 0 bridgehead atoms. The molecule has 1 aliphatic carbocycles. The summed E-state index contributed by atoms with van der Waals surface area (Å²) in [7, 11) is 0. The normalized spacial score (nSPS) is 28.2. The molecule has 1 heterocycles. The van der Waals surface area contributed by atoms with Crippen molar-refractivity contribution in [2.24, 2.45) is 11.1 Å². The highest BCUT2D eigenvalue weighted by molar-refractivity contribution is 6.30. The highest BCUT2D eigenvalue weighted by atomic mass is 35.5. The van der Waals surface area contributed by atoms with Crippen LogP contribution in [0.15, 0.2) is 29.4 Å². The van der Waals surface area contributed by atoms with E-state index in [9.17, 15) is 0 Å². The van der Waals surface area contributed by atoms with Gasteiger partial charge in [0.15, 0.2) is 0 Å². The molecule has 0 unspecified atom stereocenters. The van der Waals surface area contributed by atoms with Crippen LogP contribution in [0.1, 0.15) is 31.2 Å². The molecular formula is C13H14ClNO. The smallest absolute Gasteiger partial charge is 0.136 e. The number of hydrogen-bond donors (Lipinski definition) is 0. The van der Waals surface area contributed by atoms with Crippen LogP contribution in [0.2, 0.25) is 5.02 Å². The molecule has 0 radical (unpaired) electrons. The second-order valence-electron chi connectivity index (χ2n) is 4.52. The van der Waals surface area contributed by atoms with Crippen LogP contribution in [-0.2, 0) is 4.84 Å². The Hall–Kier alpha value is -1.02. The van der Waals surface area contributed by atoms with Gasteiger partial charge < -0.3 is 4.84 Å². The van der Waals surface area contributed by atoms with Crippen LogP contribution in [-0.4, -0.2) is 11.8 Å². The van der Waals surface area contributed by atoms with Crippen molar-refractivity contribution in [3.63, 3.8) is 0 Å². The monoisotopic (exact) mass is 235 g/mol. The van der Waals surface area contributed by atoms with E-state index in [-0.39, 0.29) is 0 Å². The zero-order valence-electron chi connectivity index (χ0n) is 9.03. The highest BCUT2D eigenvalue weighted by Crippen LogP contribution is 2.34. The molecule has 0 saturated heterocycles. The quantitative estimate of drug-likeness (QED) is 0.728. The van der Waals surface area contributed by atoms with Gasteiger partial charge in [-0.3, -0.25) is 0 Å². The van der Waals surface area contributed by atoms with Gasteiger partial charge in [0.2, 0.25) is 0 Å². The summed E-state index contributed by atoms with van der Waals surface area (Å²) < 4.78 is 0. The molecule has 84 valence electrons. The molecule has 1 aromatic carbocycles. The van der Waals surface area contributed by atoms with Gasteiger partial charge in [-0.15, -0.1) is 0 Å². The van der Waals surface area contributed by atoms with Crippen molar-refractivity contribution < 1.29 is 4.84 Å². The Kier molecular flexibility index (Phi) is 2.60. The Morgan fingerprint density at radius 2 is 1.88 bits per heavy atom. The SMILES string of the molecule is Clc1ccc(C2=NO[C@@H]3CCCC[C@H]23)cc1. The molecule has 1 fully saturated rings. The van der Waals surface area contributed by atoms with E-state index in [0.29, 0.717) is 12.0 Å². The van der Waals surface area contributed by atoms with E-state index in [0.717, 1.165) is 22.7 Å². The van der Waals surface area contributed by atoms with Gasteiger partial charge in [0, 0.05) is 10.9 Å². The third-order valence-corrected chi connectivity index (χ3v) is 3.73. The lowest BCUT2D eigenvalue weighted by molar-refractivity contribution is 0.0397. The first-order valence-electron chi connectivity index (χ1n) is 5.84. The second-order valence-corrected chi connectivity index (χ2v) is 4.95. The van der Waals surface area contributed by atoms with Crippen LogP contribution in [0.25, 0.3) is 0 Å². The van der Waals surface area contributed by atoms with Crippen LogP contribution in [0, 0.1) is 5.92 Å². The third-order valence-electron chi connectivity index (χ3n) is 3.48. The van der Waals surface area contributed by atoms with Crippen LogP contribution in [0.4, 0.5) is 0 Å². The van der Waals surface area contributed by atoms with Crippen molar-refractivity contribution in [1.82, 2.24) is 0 Å². The Morgan fingerprint density at radius 3 is 2.69 bits per heavy atom. The fourth-order valence-electron chi connectivity index (χ4n) is 2.62. The Labute approximate surface area is 100 Å². The first-order valence-corrected chi connectivity index (χ1v) is 6.22. The Bertz CT molecular complexity index is 412. The zero-order valence-corrected chi connectivity index (χ0v) is 9.78. The van der Waals surface area contributed by atoms with E-state index in [1.165, 1.54) is 19.3 Å². The predicted octanol–water partition coefficient (Wildman–Crippen LogP) is 3.63. The lowest BCUT2D eigenvalue weighted by atomic mass is 9.82. The maximum absolute atomic E-state index is 5.88. The van der Waals surface area contributed by atoms with Gasteiger partial charge in [-0.05, 0) is 37.0 Å². The van der Waals surface area contributed by atoms with Crippen molar-refractivity contribution in [3.8, 4) is 0 Å². The van der Waals surface area contributed by atoms with Crippen molar-refractivity contribution in [2.45, 2.75) is 31.8 Å². The van der Waals surface area contributed by atoms with Gasteiger partial charge in [0.05, 0.1) is 5.71 Å². The summed E-state index contributed by atoms with van der Waals surface area (Å²) in [4.78, 5) is 5.51. The average molecular weight is 236 g/mol. The highest BCUT2D eigenvalue weighted by Gasteiger charge is 2.36. The Balaban J connectivity index is 1.87. The number of rotatable bonds is 1. The largest absolute Gasteiger partial charge is 0.392 e. The molecule has 3 heteroatoms. The van der Waals surface area contributed by atoms with Gasteiger partial charge >= 0.3 is 0 Å². The van der Waals surface area contributed by atoms with Crippen LogP contribution >= 0.6 is 11.6 Å². The van der Waals surface area contributed by atoms with Crippen molar-refractivity contribution in [3.05, 3.63) is 34.9 Å². The standard InChI is InChI=1S/C13H14ClNO/c14-10-7-5-9(6-8-10)13-11-3-1-2-4-12(11)16-15-13/h5-8,11-12H,1-4H2/t11-,12+/m0/s1. The van der Waals surface area contributed by atoms with Crippen molar-refractivity contribution in [1.29, 1.82) is 0 Å². The number of oxime groups is 1. The van der Waals surface area contributed by atoms with Gasteiger partial charge in [0.25, 0.3) is 0 Å². The van der Waals surface area contributed by atoms with E-state index in [4.69, 9.17) is 16.4 Å². The van der Waals surface area contributed by atoms with E-state index in [1.807, 2.05) is 24.3 Å². The fraction of sp³-hybridized carbons (Fsp3) is 0.462. The molecule has 1 aliphatic heterocycles. The Morgan fingerprint density at radius 1 is 1.12 bits per heavy atom. The molecule has 2 atom stereocenters. The van der Waals surface area contributed by atoms with Crippen molar-refractivity contribution >= 4 is 17.3 Å². The lowest BCUT2D eigenvalue weighted by Crippen LogP contribution is -2.27. The van der Waals surface area contributed by atoms with Gasteiger partial charge in [-0.1, -0.05) is 35.3 Å². The molecule has 16 heavy (non-hydrogen) atoms. The molecule has 2 nitrogen and oxygen atoms in total. The van der Waals surface area contributed by atoms with E-state index >= 15 is 0 Å². The maximum Gasteiger partial charge on any atom is 0.136 e. The molecule has 0 spiro atoms. The van der Waals surface area contributed by atoms with Gasteiger partial charge in [0.1, 0.15) is 6.10 Å². The summed E-state index contributed by atoms with van der Waals surface area (Å²) in [6, 6.07) is 7.88. The fourth-order valence-corrected chi connectivity index (χ4v) is 2.74. The molecule has 0 N–H and O–H groups in total. The average Bonchev–Trinajstić information content (AvgIpc) is 2.74. The summed E-state index contributed by atoms with van der Waals surface area (Å²) in [5.41, 5.74) is 2.26. The third kappa shape index (κ3) is 1.71. The minimum absolute atomic E-state index is 0.319. The molecule has 3 rings (SSSR count). The first kappa shape index (κ1) is 10.2. The second kappa shape index (κ2) is 4.10. The van der Waals surface area contributed by atoms with E-state index in [2.05, 4.69) is 5.16 Å². The minimum Gasteiger partial charge on any atom is -0.392 e. The first-order chi connectivity index (χ1) is 7.84. The van der Waals surface area contributed by atoms with Crippen LogP contribution in [0.3, 0.4) is 0 Å². The number of benzene rings is 1. The van der Waals surface area contributed by atoms with E-state index in [1.54, 1.807) is 0 Å². The zero-order chi connectivity index (χ0) is 11.0. The van der Waals surface area contributed by atoms with Gasteiger partial charge in [-0.25, -0.2) is 0 Å². The molecule has 1 aromatic rings. The molecule has 0 amide bonds. The number of halogens is 1. The summed E-state index contributed by atoms with van der Waals surface area (Å²) in [6.07, 6.45) is 5.22. The number of nitrogens with zero attached hydrogens (tertiary/aromatic N) is 1. The molecule has 2 aliphatic rings. The molecule has 0 aromatic heterocycles. The minimum atomic E-state index is 0.319. The summed E-state index contributed by atoms with van der Waals surface area (Å²) in [5, 5.41) is 5.02. The van der Waals surface area contributed by atoms with Crippen LogP contribution < -0.4 is 0 Å². The van der Waals surface area contributed by atoms with Crippen LogP contribution in [0.5, 0.6) is 0 Å². The summed E-state index contributed by atoms with van der Waals surface area (Å²) in [5.74, 6) is 0.495. The van der Waals surface area contributed by atoms with Crippen molar-refractivity contribution in [2.75, 3.05) is 0 Å². The molecule has 1 saturated carbocycles. The summed E-state index contributed by atoms with van der Waals surface area (Å²) >= 11 is 5.88. The lowest BCUT2D eigenvalue weighted by Gasteiger charge is -2.23. The topological polar surface area (TPSA) is 21.6 Å².